The highest BCUT2D eigenvalue weighted by Gasteiger charge is 2.20. The number of carboxylic acids is 1. The van der Waals surface area contributed by atoms with Crippen LogP contribution < -0.4 is 15.0 Å². The lowest BCUT2D eigenvalue weighted by Crippen LogP contribution is -2.24. The van der Waals surface area contributed by atoms with Crippen LogP contribution in [-0.4, -0.2) is 40.2 Å². The summed E-state index contributed by atoms with van der Waals surface area (Å²) in [6, 6.07) is 19.2. The van der Waals surface area contributed by atoms with Crippen LogP contribution in [0.25, 0.3) is 33.5 Å². The summed E-state index contributed by atoms with van der Waals surface area (Å²) in [4.78, 5) is 29.6. The molecule has 0 aliphatic heterocycles. The lowest BCUT2D eigenvalue weighted by molar-refractivity contribution is -0.144. The van der Waals surface area contributed by atoms with Gasteiger partial charge in [-0.3, -0.25) is 4.79 Å². The monoisotopic (exact) mass is 517 g/mol. The van der Waals surface area contributed by atoms with E-state index in [4.69, 9.17) is 25.5 Å². The Bertz CT molecular complexity index is 1710. The van der Waals surface area contributed by atoms with Crippen LogP contribution in [0.3, 0.4) is 0 Å². The number of halogens is 1. The Morgan fingerprint density at radius 2 is 1.92 bits per heavy atom. The Morgan fingerprint density at radius 1 is 1.16 bits per heavy atom. The maximum Gasteiger partial charge on any atom is 0.344 e. The van der Waals surface area contributed by atoms with Gasteiger partial charge in [0.2, 0.25) is 5.82 Å². The number of aliphatic carboxylic acids is 1. The van der Waals surface area contributed by atoms with Gasteiger partial charge in [-0.2, -0.15) is 9.78 Å². The molecule has 0 radical (unpaired) electrons. The first-order valence-electron chi connectivity index (χ1n) is 11.2. The smallest absolute Gasteiger partial charge is 0.344 e. The SMILES string of the molecule is COc1cc(Cl)cc(C=Nn2c(-c3cc4ccccc4o3)nc3ccccc3c2=O)c1O[C@@H](C)C(=O)O. The van der Waals surface area contributed by atoms with E-state index in [1.807, 2.05) is 24.3 Å². The number of methoxy groups -OCH3 is 1. The van der Waals surface area contributed by atoms with Crippen molar-refractivity contribution < 1.29 is 23.8 Å². The van der Waals surface area contributed by atoms with Gasteiger partial charge in [0.05, 0.1) is 24.2 Å². The standard InChI is InChI=1S/C27H20ClN3O6/c1-15(27(33)34)36-24-17(11-18(28)13-22(24)35-2)14-29-31-25(23-12-16-7-3-6-10-21(16)37-23)30-20-9-5-4-8-19(20)26(31)32/h3-15H,1-2H3,(H,33,34)/t15-/m0/s1. The quantitative estimate of drug-likeness (QED) is 0.295. The minimum absolute atomic E-state index is 0.109. The first-order chi connectivity index (χ1) is 17.9. The van der Waals surface area contributed by atoms with E-state index in [1.165, 1.54) is 32.4 Å². The zero-order chi connectivity index (χ0) is 26.1. The topological polar surface area (TPSA) is 116 Å². The van der Waals surface area contributed by atoms with Crippen molar-refractivity contribution in [2.75, 3.05) is 7.11 Å². The minimum Gasteiger partial charge on any atom is -0.493 e. The fourth-order valence-electron chi connectivity index (χ4n) is 3.79. The number of fused-ring (bicyclic) bond motifs is 2. The van der Waals surface area contributed by atoms with E-state index in [0.29, 0.717) is 32.8 Å². The van der Waals surface area contributed by atoms with E-state index in [1.54, 1.807) is 30.3 Å². The van der Waals surface area contributed by atoms with Gasteiger partial charge in [0.15, 0.2) is 23.4 Å². The number of aromatic nitrogens is 2. The van der Waals surface area contributed by atoms with Crippen LogP contribution >= 0.6 is 11.6 Å². The molecule has 0 bridgehead atoms. The first-order valence-corrected chi connectivity index (χ1v) is 11.6. The van der Waals surface area contributed by atoms with Gasteiger partial charge >= 0.3 is 5.97 Å². The van der Waals surface area contributed by atoms with Gasteiger partial charge in [-0.1, -0.05) is 41.9 Å². The zero-order valence-corrected chi connectivity index (χ0v) is 20.5. The predicted octanol–water partition coefficient (Wildman–Crippen LogP) is 5.21. The van der Waals surface area contributed by atoms with Crippen LogP contribution in [-0.2, 0) is 4.79 Å². The van der Waals surface area contributed by atoms with Gasteiger partial charge in [0.25, 0.3) is 5.56 Å². The third-order valence-electron chi connectivity index (χ3n) is 5.62. The minimum atomic E-state index is -1.18. The molecule has 9 nitrogen and oxygen atoms in total. The fourth-order valence-corrected chi connectivity index (χ4v) is 4.01. The molecule has 5 rings (SSSR count). The molecule has 0 fully saturated rings. The number of carboxylic acid groups (broad SMARTS) is 1. The highest BCUT2D eigenvalue weighted by molar-refractivity contribution is 6.31. The second-order valence-corrected chi connectivity index (χ2v) is 8.52. The van der Waals surface area contributed by atoms with E-state index >= 15 is 0 Å². The molecule has 1 N–H and O–H groups in total. The average Bonchev–Trinajstić information content (AvgIpc) is 3.33. The Morgan fingerprint density at radius 3 is 2.68 bits per heavy atom. The summed E-state index contributed by atoms with van der Waals surface area (Å²) < 4.78 is 18.1. The van der Waals surface area contributed by atoms with Crippen molar-refractivity contribution in [3.8, 4) is 23.1 Å². The number of benzene rings is 3. The Hall–Kier alpha value is -4.63. The van der Waals surface area contributed by atoms with E-state index in [2.05, 4.69) is 10.1 Å². The van der Waals surface area contributed by atoms with Crippen LogP contribution in [0.1, 0.15) is 12.5 Å². The van der Waals surface area contributed by atoms with Crippen LogP contribution in [0.15, 0.2) is 81.0 Å². The average molecular weight is 518 g/mol. The maximum absolute atomic E-state index is 13.5. The zero-order valence-electron chi connectivity index (χ0n) is 19.7. The first kappa shape index (κ1) is 24.1. The Balaban J connectivity index is 1.71. The van der Waals surface area contributed by atoms with Crippen LogP contribution in [0.5, 0.6) is 11.5 Å². The lowest BCUT2D eigenvalue weighted by atomic mass is 10.2. The molecule has 2 heterocycles. The molecule has 1 atom stereocenters. The maximum atomic E-state index is 13.5. The number of carbonyl (C=O) groups is 1. The summed E-state index contributed by atoms with van der Waals surface area (Å²) in [5.74, 6) is -0.310. The molecule has 0 saturated carbocycles. The third-order valence-corrected chi connectivity index (χ3v) is 5.84. The second kappa shape index (κ2) is 9.79. The van der Waals surface area contributed by atoms with Gasteiger partial charge in [0, 0.05) is 22.0 Å². The highest BCUT2D eigenvalue weighted by atomic mass is 35.5. The molecular formula is C27H20ClN3O6. The number of rotatable bonds is 7. The van der Waals surface area contributed by atoms with Gasteiger partial charge in [0.1, 0.15) is 5.58 Å². The van der Waals surface area contributed by atoms with Crippen molar-refractivity contribution in [1.29, 1.82) is 0 Å². The van der Waals surface area contributed by atoms with Gasteiger partial charge in [-0.15, -0.1) is 0 Å². The molecule has 0 amide bonds. The summed E-state index contributed by atoms with van der Waals surface area (Å²) in [7, 11) is 1.41. The lowest BCUT2D eigenvalue weighted by Gasteiger charge is -2.16. The number of hydrogen-bond acceptors (Lipinski definition) is 7. The summed E-state index contributed by atoms with van der Waals surface area (Å²) in [5, 5.41) is 15.2. The Labute approximate surface area is 215 Å². The number of hydrogen-bond donors (Lipinski definition) is 1. The highest BCUT2D eigenvalue weighted by Crippen LogP contribution is 2.35. The van der Waals surface area contributed by atoms with Crippen molar-refractivity contribution in [1.82, 2.24) is 9.66 Å². The van der Waals surface area contributed by atoms with Gasteiger partial charge < -0.3 is 19.0 Å². The number of para-hydroxylation sites is 2. The molecule has 0 saturated heterocycles. The van der Waals surface area contributed by atoms with Gasteiger partial charge in [-0.05, 0) is 37.3 Å². The molecule has 0 aliphatic rings. The molecule has 5 aromatic rings. The molecule has 0 unspecified atom stereocenters. The van der Waals surface area contributed by atoms with E-state index in [0.717, 1.165) is 10.1 Å². The normalized spacial score (nSPS) is 12.3. The molecular weight excluding hydrogens is 498 g/mol. The number of furan rings is 1. The number of ether oxygens (including phenoxy) is 2. The molecule has 186 valence electrons. The molecule has 0 aliphatic carbocycles. The largest absolute Gasteiger partial charge is 0.493 e. The molecule has 10 heteroatoms. The Kier molecular flexibility index (Phi) is 6.37. The molecule has 2 aromatic heterocycles. The van der Waals surface area contributed by atoms with Crippen molar-refractivity contribution in [2.45, 2.75) is 13.0 Å². The van der Waals surface area contributed by atoms with Crippen LogP contribution in [0.4, 0.5) is 0 Å². The molecule has 0 spiro atoms. The molecule has 37 heavy (non-hydrogen) atoms. The molecule has 3 aromatic carbocycles. The van der Waals surface area contributed by atoms with Crippen molar-refractivity contribution in [3.63, 3.8) is 0 Å². The van der Waals surface area contributed by atoms with E-state index in [9.17, 15) is 14.7 Å². The second-order valence-electron chi connectivity index (χ2n) is 8.09. The fraction of sp³-hybridized carbons (Fsp3) is 0.111. The summed E-state index contributed by atoms with van der Waals surface area (Å²) >= 11 is 6.25. The summed E-state index contributed by atoms with van der Waals surface area (Å²) in [5.41, 5.74) is 0.993. The van der Waals surface area contributed by atoms with Crippen molar-refractivity contribution >= 4 is 45.7 Å². The summed E-state index contributed by atoms with van der Waals surface area (Å²) in [6.07, 6.45) is 0.154. The van der Waals surface area contributed by atoms with Crippen LogP contribution in [0.2, 0.25) is 5.02 Å². The number of nitrogens with zero attached hydrogens (tertiary/aromatic N) is 3. The van der Waals surface area contributed by atoms with Crippen molar-refractivity contribution in [2.24, 2.45) is 5.10 Å². The van der Waals surface area contributed by atoms with Gasteiger partial charge in [-0.25, -0.2) is 9.78 Å². The van der Waals surface area contributed by atoms with Crippen LogP contribution in [0, 0.1) is 0 Å². The van der Waals surface area contributed by atoms with E-state index in [-0.39, 0.29) is 17.3 Å². The third kappa shape index (κ3) is 4.64. The predicted molar refractivity (Wildman–Crippen MR) is 140 cm³/mol. The van der Waals surface area contributed by atoms with E-state index < -0.39 is 17.6 Å². The summed E-state index contributed by atoms with van der Waals surface area (Å²) in [6.45, 7) is 1.38. The van der Waals surface area contributed by atoms with Crippen molar-refractivity contribution in [3.05, 3.63) is 87.7 Å².